The second-order valence-corrected chi connectivity index (χ2v) is 7.92. The average molecular weight is 380 g/mol. The third-order valence-electron chi connectivity index (χ3n) is 4.12. The van der Waals surface area contributed by atoms with Gasteiger partial charge in [0.25, 0.3) is 0 Å². The molecule has 0 aliphatic carbocycles. The summed E-state index contributed by atoms with van der Waals surface area (Å²) in [5, 5.41) is 3.95. The minimum atomic E-state index is -3.43. The van der Waals surface area contributed by atoms with Crippen molar-refractivity contribution in [1.82, 2.24) is 9.78 Å². The van der Waals surface area contributed by atoms with Crippen molar-refractivity contribution in [2.45, 2.75) is 25.7 Å². The summed E-state index contributed by atoms with van der Waals surface area (Å²) in [4.78, 5) is 24.6. The van der Waals surface area contributed by atoms with E-state index in [-0.39, 0.29) is 16.3 Å². The van der Waals surface area contributed by atoms with Gasteiger partial charge in [0.05, 0.1) is 18.2 Å². The number of hydrogen-bond donors (Lipinski definition) is 0. The summed E-state index contributed by atoms with van der Waals surface area (Å²) in [6, 6.07) is 1.52. The lowest BCUT2D eigenvalue weighted by atomic mass is 9.95. The molecule has 26 heavy (non-hydrogen) atoms. The lowest BCUT2D eigenvalue weighted by Gasteiger charge is -2.15. The van der Waals surface area contributed by atoms with Crippen molar-refractivity contribution in [3.8, 4) is 5.88 Å². The number of ketones is 1. The molecule has 0 amide bonds. The van der Waals surface area contributed by atoms with Gasteiger partial charge in [-0.15, -0.1) is 0 Å². The van der Waals surface area contributed by atoms with E-state index in [0.29, 0.717) is 22.3 Å². The van der Waals surface area contributed by atoms with Crippen molar-refractivity contribution in [2.24, 2.45) is 7.05 Å². The van der Waals surface area contributed by atoms with Gasteiger partial charge in [-0.2, -0.15) is 5.10 Å². The van der Waals surface area contributed by atoms with E-state index >= 15 is 0 Å². The fraction of sp³-hybridized carbons (Fsp3) is 0.353. The molecule has 0 atom stereocenters. The highest BCUT2D eigenvalue weighted by atomic mass is 32.2. The maximum atomic E-state index is 13.0. The Morgan fingerprint density at radius 2 is 1.73 bits per heavy atom. The van der Waals surface area contributed by atoms with Gasteiger partial charge >= 0.3 is 6.16 Å². The minimum absolute atomic E-state index is 0.0521. The zero-order valence-electron chi connectivity index (χ0n) is 15.4. The first-order chi connectivity index (χ1) is 12.0. The van der Waals surface area contributed by atoms with E-state index in [2.05, 4.69) is 9.84 Å². The van der Waals surface area contributed by atoms with Crippen LogP contribution in [-0.4, -0.2) is 43.5 Å². The Morgan fingerprint density at radius 3 is 2.27 bits per heavy atom. The maximum Gasteiger partial charge on any atom is 0.514 e. The van der Waals surface area contributed by atoms with Gasteiger partial charge < -0.3 is 9.47 Å². The zero-order valence-corrected chi connectivity index (χ0v) is 16.2. The number of benzene rings is 1. The first-order valence-electron chi connectivity index (χ1n) is 7.62. The van der Waals surface area contributed by atoms with Gasteiger partial charge in [0.2, 0.25) is 5.88 Å². The van der Waals surface area contributed by atoms with Gasteiger partial charge in [-0.1, -0.05) is 0 Å². The second-order valence-electron chi connectivity index (χ2n) is 5.96. The third-order valence-corrected chi connectivity index (χ3v) is 5.49. The summed E-state index contributed by atoms with van der Waals surface area (Å²) < 4.78 is 34.7. The van der Waals surface area contributed by atoms with Crippen molar-refractivity contribution in [3.05, 3.63) is 40.1 Å². The highest BCUT2D eigenvalue weighted by molar-refractivity contribution is 7.90. The highest BCUT2D eigenvalue weighted by Gasteiger charge is 2.26. The third kappa shape index (κ3) is 3.48. The summed E-state index contributed by atoms with van der Waals surface area (Å²) in [6.45, 7) is 4.97. The Bertz CT molecular complexity index is 1000. The van der Waals surface area contributed by atoms with E-state index in [1.165, 1.54) is 24.0 Å². The van der Waals surface area contributed by atoms with Crippen LogP contribution >= 0.6 is 0 Å². The minimum Gasteiger partial charge on any atom is -0.437 e. The number of carbonyl (C=O) groups is 2. The van der Waals surface area contributed by atoms with Crippen molar-refractivity contribution >= 4 is 21.8 Å². The Kier molecular flexibility index (Phi) is 5.22. The normalized spacial score (nSPS) is 11.3. The molecule has 0 saturated carbocycles. The van der Waals surface area contributed by atoms with Crippen molar-refractivity contribution in [1.29, 1.82) is 0 Å². The van der Waals surface area contributed by atoms with Crippen molar-refractivity contribution < 1.29 is 27.5 Å². The molecule has 0 spiro atoms. The molecule has 1 aromatic heterocycles. The van der Waals surface area contributed by atoms with Crippen LogP contribution in [0.3, 0.4) is 0 Å². The summed E-state index contributed by atoms with van der Waals surface area (Å²) in [7, 11) is -0.758. The number of sulfone groups is 1. The van der Waals surface area contributed by atoms with Gasteiger partial charge in [0, 0.05) is 18.9 Å². The summed E-state index contributed by atoms with van der Waals surface area (Å²) >= 11 is 0. The number of hydrogen-bond acceptors (Lipinski definition) is 7. The topological polar surface area (TPSA) is 105 Å². The SMILES string of the molecule is COC(=O)Oc1c(C(=O)c2cc(C)c(S(C)(=O)=O)c(C)c2C)cnn1C. The van der Waals surface area contributed by atoms with Crippen LogP contribution in [0.4, 0.5) is 4.79 Å². The van der Waals surface area contributed by atoms with Crippen LogP contribution in [0.15, 0.2) is 17.2 Å². The molecule has 0 radical (unpaired) electrons. The number of rotatable bonds is 4. The lowest BCUT2D eigenvalue weighted by Crippen LogP contribution is -2.14. The molecule has 0 N–H and O–H groups in total. The van der Waals surface area contributed by atoms with E-state index in [1.54, 1.807) is 20.8 Å². The van der Waals surface area contributed by atoms with E-state index in [0.717, 1.165) is 13.4 Å². The van der Waals surface area contributed by atoms with Crippen LogP contribution in [0.25, 0.3) is 0 Å². The quantitative estimate of drug-likeness (QED) is 0.591. The Balaban J connectivity index is 2.61. The summed E-state index contributed by atoms with van der Waals surface area (Å²) in [5.41, 5.74) is 1.91. The van der Waals surface area contributed by atoms with Crippen LogP contribution in [0, 0.1) is 20.8 Å². The molecule has 2 rings (SSSR count). The molecule has 1 aromatic carbocycles. The molecular formula is C17H20N2O6S. The van der Waals surface area contributed by atoms with Crippen LogP contribution in [-0.2, 0) is 21.6 Å². The number of aryl methyl sites for hydroxylation is 2. The number of carbonyl (C=O) groups excluding carboxylic acids is 2. The zero-order chi connectivity index (χ0) is 19.8. The smallest absolute Gasteiger partial charge is 0.437 e. The molecule has 1 heterocycles. The first-order valence-corrected chi connectivity index (χ1v) is 9.51. The number of nitrogens with zero attached hydrogens (tertiary/aromatic N) is 2. The lowest BCUT2D eigenvalue weighted by molar-refractivity contribution is 0.102. The van der Waals surface area contributed by atoms with Crippen molar-refractivity contribution in [3.63, 3.8) is 0 Å². The summed E-state index contributed by atoms with van der Waals surface area (Å²) in [5.74, 6) is -0.482. The number of methoxy groups -OCH3 is 1. The highest BCUT2D eigenvalue weighted by Crippen LogP contribution is 2.29. The average Bonchev–Trinajstić information content (AvgIpc) is 2.89. The second kappa shape index (κ2) is 6.91. The fourth-order valence-electron chi connectivity index (χ4n) is 2.83. The molecule has 0 aliphatic rings. The standard InChI is InChI=1S/C17H20N2O6S/c1-9-7-12(10(2)11(3)15(9)26(6,22)23)14(20)13-8-18-19(4)16(13)25-17(21)24-5/h7-8H,1-6H3. The van der Waals surface area contributed by atoms with E-state index in [4.69, 9.17) is 4.74 Å². The molecule has 8 nitrogen and oxygen atoms in total. The van der Waals surface area contributed by atoms with E-state index in [9.17, 15) is 18.0 Å². The first kappa shape index (κ1) is 19.6. The molecule has 0 bridgehead atoms. The van der Waals surface area contributed by atoms with Gasteiger partial charge in [-0.05, 0) is 43.5 Å². The predicted molar refractivity (Wildman–Crippen MR) is 93.4 cm³/mol. The fourth-order valence-corrected chi connectivity index (χ4v) is 4.19. The van der Waals surface area contributed by atoms with E-state index in [1.807, 2.05) is 0 Å². The van der Waals surface area contributed by atoms with Gasteiger partial charge in [-0.3, -0.25) is 4.79 Å². The van der Waals surface area contributed by atoms with Gasteiger partial charge in [0.15, 0.2) is 15.6 Å². The van der Waals surface area contributed by atoms with Gasteiger partial charge in [-0.25, -0.2) is 17.9 Å². The Labute approximate surface area is 151 Å². The maximum absolute atomic E-state index is 13.0. The molecule has 0 aliphatic heterocycles. The number of ether oxygens (including phenoxy) is 2. The Morgan fingerprint density at radius 1 is 1.12 bits per heavy atom. The molecule has 2 aromatic rings. The molecule has 9 heteroatoms. The van der Waals surface area contributed by atoms with Crippen LogP contribution in [0.5, 0.6) is 5.88 Å². The van der Waals surface area contributed by atoms with Crippen LogP contribution < -0.4 is 4.74 Å². The van der Waals surface area contributed by atoms with Crippen molar-refractivity contribution in [2.75, 3.05) is 13.4 Å². The monoisotopic (exact) mass is 380 g/mol. The predicted octanol–water partition coefficient (Wildman–Crippen LogP) is 2.13. The molecule has 0 saturated heterocycles. The van der Waals surface area contributed by atoms with Crippen LogP contribution in [0.2, 0.25) is 0 Å². The Hall–Kier alpha value is -2.68. The molecule has 0 unspecified atom stereocenters. The molecule has 140 valence electrons. The van der Waals surface area contributed by atoms with Gasteiger partial charge in [0.1, 0.15) is 5.56 Å². The molecule has 0 fully saturated rings. The van der Waals surface area contributed by atoms with E-state index < -0.39 is 21.8 Å². The molecular weight excluding hydrogens is 360 g/mol. The van der Waals surface area contributed by atoms with Crippen LogP contribution in [0.1, 0.15) is 32.6 Å². The summed E-state index contributed by atoms with van der Waals surface area (Å²) in [6.07, 6.45) is 1.45. The largest absolute Gasteiger partial charge is 0.514 e. The number of aromatic nitrogens is 2.